The number of alkyl halides is 1. The first kappa shape index (κ1) is 10.8. The van der Waals surface area contributed by atoms with Gasteiger partial charge in [-0.2, -0.15) is 0 Å². The second-order valence-electron chi connectivity index (χ2n) is 4.03. The summed E-state index contributed by atoms with van der Waals surface area (Å²) < 4.78 is 5.30. The van der Waals surface area contributed by atoms with Crippen molar-refractivity contribution in [2.75, 3.05) is 0 Å². The van der Waals surface area contributed by atoms with E-state index in [0.29, 0.717) is 0 Å². The Morgan fingerprint density at radius 1 is 1.62 bits per heavy atom. The number of rotatable bonds is 3. The van der Waals surface area contributed by atoms with Gasteiger partial charge < -0.3 is 4.74 Å². The molecule has 0 aromatic carbocycles. The summed E-state index contributed by atoms with van der Waals surface area (Å²) in [6.45, 7) is 6.09. The highest BCUT2D eigenvalue weighted by Crippen LogP contribution is 2.39. The van der Waals surface area contributed by atoms with Crippen LogP contribution in [0.15, 0.2) is 0 Å². The number of cyclic esters (lactones) is 1. The van der Waals surface area contributed by atoms with Crippen molar-refractivity contribution in [1.82, 2.24) is 0 Å². The van der Waals surface area contributed by atoms with Crippen LogP contribution in [0, 0.1) is 5.92 Å². The van der Waals surface area contributed by atoms with Crippen molar-refractivity contribution >= 4 is 17.6 Å². The van der Waals surface area contributed by atoms with Gasteiger partial charge in [0.15, 0.2) is 0 Å². The standard InChI is InChI=1S/C10H17ClO2/c1-4-5-6-10(3)7(2)8(11)9(12)13-10/h7-8H,4-6H2,1-3H3. The molecule has 3 atom stereocenters. The fourth-order valence-electron chi connectivity index (χ4n) is 1.70. The molecule has 13 heavy (non-hydrogen) atoms. The Balaban J connectivity index is 2.64. The lowest BCUT2D eigenvalue weighted by Crippen LogP contribution is -2.31. The molecule has 0 saturated carbocycles. The predicted molar refractivity (Wildman–Crippen MR) is 52.8 cm³/mol. The molecule has 2 nitrogen and oxygen atoms in total. The average molecular weight is 205 g/mol. The quantitative estimate of drug-likeness (QED) is 0.522. The van der Waals surface area contributed by atoms with Gasteiger partial charge in [-0.3, -0.25) is 4.79 Å². The van der Waals surface area contributed by atoms with E-state index in [4.69, 9.17) is 16.3 Å². The molecule has 3 unspecified atom stereocenters. The second kappa shape index (κ2) is 3.87. The molecule has 76 valence electrons. The maximum atomic E-state index is 11.2. The molecule has 1 rings (SSSR count). The van der Waals surface area contributed by atoms with Gasteiger partial charge in [0.1, 0.15) is 11.0 Å². The summed E-state index contributed by atoms with van der Waals surface area (Å²) in [7, 11) is 0. The van der Waals surface area contributed by atoms with Crippen molar-refractivity contribution < 1.29 is 9.53 Å². The Bertz CT molecular complexity index is 205. The SMILES string of the molecule is CCCCC1(C)OC(=O)C(Cl)C1C. The first-order valence-corrected chi connectivity index (χ1v) is 5.32. The first-order valence-electron chi connectivity index (χ1n) is 4.88. The number of halogens is 1. The van der Waals surface area contributed by atoms with E-state index in [2.05, 4.69) is 6.92 Å². The van der Waals surface area contributed by atoms with E-state index in [1.165, 1.54) is 0 Å². The lowest BCUT2D eigenvalue weighted by Gasteiger charge is -2.27. The van der Waals surface area contributed by atoms with Crippen molar-refractivity contribution in [1.29, 1.82) is 0 Å². The molecule has 1 fully saturated rings. The summed E-state index contributed by atoms with van der Waals surface area (Å²) in [5.41, 5.74) is -0.334. The maximum Gasteiger partial charge on any atom is 0.325 e. The molecular formula is C10H17ClO2. The van der Waals surface area contributed by atoms with E-state index >= 15 is 0 Å². The third kappa shape index (κ3) is 1.98. The number of unbranched alkanes of at least 4 members (excludes halogenated alkanes) is 1. The highest BCUT2D eigenvalue weighted by atomic mass is 35.5. The molecule has 0 N–H and O–H groups in total. The average Bonchev–Trinajstić information content (AvgIpc) is 2.28. The third-order valence-corrected chi connectivity index (χ3v) is 3.54. The Morgan fingerprint density at radius 3 is 2.62 bits per heavy atom. The summed E-state index contributed by atoms with van der Waals surface area (Å²) in [4.78, 5) is 11.2. The van der Waals surface area contributed by atoms with E-state index in [9.17, 15) is 4.79 Å². The lowest BCUT2D eigenvalue weighted by atomic mass is 9.86. The zero-order valence-electron chi connectivity index (χ0n) is 8.47. The molecule has 1 aliphatic heterocycles. The van der Waals surface area contributed by atoms with Crippen LogP contribution < -0.4 is 0 Å². The monoisotopic (exact) mass is 204 g/mol. The number of carbonyl (C=O) groups is 1. The topological polar surface area (TPSA) is 26.3 Å². The molecule has 3 heteroatoms. The van der Waals surface area contributed by atoms with Crippen LogP contribution in [0.4, 0.5) is 0 Å². The van der Waals surface area contributed by atoms with Gasteiger partial charge in [0.25, 0.3) is 0 Å². The van der Waals surface area contributed by atoms with Crippen LogP contribution in [0.5, 0.6) is 0 Å². The first-order chi connectivity index (χ1) is 6.01. The van der Waals surface area contributed by atoms with Gasteiger partial charge in [-0.05, 0) is 19.8 Å². The largest absolute Gasteiger partial charge is 0.458 e. The van der Waals surface area contributed by atoms with Gasteiger partial charge in [0.05, 0.1) is 0 Å². The van der Waals surface area contributed by atoms with Gasteiger partial charge in [0.2, 0.25) is 0 Å². The number of hydrogen-bond donors (Lipinski definition) is 0. The minimum atomic E-state index is -0.457. The Labute approximate surface area is 84.6 Å². The Hall–Kier alpha value is -0.240. The summed E-state index contributed by atoms with van der Waals surface area (Å²) >= 11 is 5.90. The molecule has 1 aliphatic rings. The van der Waals surface area contributed by atoms with Crippen LogP contribution in [-0.4, -0.2) is 16.9 Å². The fourth-order valence-corrected chi connectivity index (χ4v) is 2.01. The van der Waals surface area contributed by atoms with Crippen LogP contribution in [0.3, 0.4) is 0 Å². The molecule has 0 spiro atoms. The van der Waals surface area contributed by atoms with E-state index < -0.39 is 5.38 Å². The fraction of sp³-hybridized carbons (Fsp3) is 0.900. The second-order valence-corrected chi connectivity index (χ2v) is 4.50. The van der Waals surface area contributed by atoms with Crippen molar-refractivity contribution in [2.45, 2.75) is 51.0 Å². The molecule has 0 radical (unpaired) electrons. The Kier molecular flexibility index (Phi) is 3.23. The van der Waals surface area contributed by atoms with E-state index in [1.807, 2.05) is 13.8 Å². The van der Waals surface area contributed by atoms with Crippen LogP contribution in [0.25, 0.3) is 0 Å². The van der Waals surface area contributed by atoms with Crippen LogP contribution in [0.1, 0.15) is 40.0 Å². The summed E-state index contributed by atoms with van der Waals surface area (Å²) in [5, 5.41) is -0.457. The van der Waals surface area contributed by atoms with Crippen molar-refractivity contribution in [3.8, 4) is 0 Å². The molecule has 0 bridgehead atoms. The van der Waals surface area contributed by atoms with Crippen molar-refractivity contribution in [3.63, 3.8) is 0 Å². The number of carbonyl (C=O) groups excluding carboxylic acids is 1. The minimum absolute atomic E-state index is 0.119. The van der Waals surface area contributed by atoms with Crippen LogP contribution >= 0.6 is 11.6 Å². The van der Waals surface area contributed by atoms with Gasteiger partial charge in [-0.15, -0.1) is 11.6 Å². The molecule has 1 heterocycles. The van der Waals surface area contributed by atoms with E-state index in [-0.39, 0.29) is 17.5 Å². The predicted octanol–water partition coefficient (Wildman–Crippen LogP) is 2.74. The number of ether oxygens (including phenoxy) is 1. The zero-order valence-corrected chi connectivity index (χ0v) is 9.23. The molecule has 0 amide bonds. The van der Waals surface area contributed by atoms with E-state index in [1.54, 1.807) is 0 Å². The van der Waals surface area contributed by atoms with Gasteiger partial charge in [0, 0.05) is 5.92 Å². The minimum Gasteiger partial charge on any atom is -0.458 e. The van der Waals surface area contributed by atoms with Crippen LogP contribution in [0.2, 0.25) is 0 Å². The maximum absolute atomic E-state index is 11.2. The van der Waals surface area contributed by atoms with Gasteiger partial charge in [-0.25, -0.2) is 0 Å². The molecule has 0 aliphatic carbocycles. The van der Waals surface area contributed by atoms with Crippen molar-refractivity contribution in [2.24, 2.45) is 5.92 Å². The van der Waals surface area contributed by atoms with Crippen LogP contribution in [-0.2, 0) is 9.53 Å². The van der Waals surface area contributed by atoms with E-state index in [0.717, 1.165) is 19.3 Å². The van der Waals surface area contributed by atoms with Gasteiger partial charge in [-0.1, -0.05) is 20.3 Å². The summed E-state index contributed by atoms with van der Waals surface area (Å²) in [6, 6.07) is 0. The molecule has 0 aromatic heterocycles. The molecule has 0 aromatic rings. The summed E-state index contributed by atoms with van der Waals surface area (Å²) in [6.07, 6.45) is 3.12. The Morgan fingerprint density at radius 2 is 2.23 bits per heavy atom. The summed E-state index contributed by atoms with van der Waals surface area (Å²) in [5.74, 6) is -0.138. The number of hydrogen-bond acceptors (Lipinski definition) is 2. The van der Waals surface area contributed by atoms with Crippen molar-refractivity contribution in [3.05, 3.63) is 0 Å². The highest BCUT2D eigenvalue weighted by Gasteiger charge is 2.48. The normalized spacial score (nSPS) is 39.2. The third-order valence-electron chi connectivity index (χ3n) is 2.99. The lowest BCUT2D eigenvalue weighted by molar-refractivity contribution is -0.148. The molecular weight excluding hydrogens is 188 g/mol. The smallest absolute Gasteiger partial charge is 0.325 e. The zero-order chi connectivity index (χ0) is 10.1. The highest BCUT2D eigenvalue weighted by molar-refractivity contribution is 6.30. The number of esters is 1. The molecule has 1 saturated heterocycles. The van der Waals surface area contributed by atoms with Gasteiger partial charge >= 0.3 is 5.97 Å².